The van der Waals surface area contributed by atoms with Gasteiger partial charge in [-0.15, -0.1) is 0 Å². The Morgan fingerprint density at radius 3 is 1.86 bits per heavy atom. The highest BCUT2D eigenvalue weighted by molar-refractivity contribution is 7.52. The third-order valence-electron chi connectivity index (χ3n) is 7.13. The first-order valence-electron chi connectivity index (χ1n) is 13.9. The van der Waals surface area contributed by atoms with E-state index in [9.17, 15) is 23.9 Å². The van der Waals surface area contributed by atoms with Gasteiger partial charge in [0.2, 0.25) is 5.91 Å². The highest BCUT2D eigenvalue weighted by Gasteiger charge is 2.42. The number of anilines is 1. The van der Waals surface area contributed by atoms with Gasteiger partial charge in [0.1, 0.15) is 17.5 Å². The van der Waals surface area contributed by atoms with E-state index in [4.69, 9.17) is 14.6 Å². The van der Waals surface area contributed by atoms with Gasteiger partial charge in [-0.1, -0.05) is 66.7 Å². The number of hydrogen-bond acceptors (Lipinski definition) is 6. The van der Waals surface area contributed by atoms with E-state index < -0.39 is 31.3 Å². The van der Waals surface area contributed by atoms with Crippen LogP contribution in [0.25, 0.3) is 11.1 Å². The summed E-state index contributed by atoms with van der Waals surface area (Å²) in [4.78, 5) is 48.1. The summed E-state index contributed by atoms with van der Waals surface area (Å²) in [6.45, 7) is -0.156. The maximum absolute atomic E-state index is 13.9. The summed E-state index contributed by atoms with van der Waals surface area (Å²) in [5.41, 5.74) is 3.34. The molecule has 0 saturated carbocycles. The van der Waals surface area contributed by atoms with Gasteiger partial charge in [-0.2, -0.15) is 0 Å². The zero-order chi connectivity index (χ0) is 31.7. The third-order valence-corrected chi connectivity index (χ3v) is 8.32. The van der Waals surface area contributed by atoms with Crippen LogP contribution in [0.2, 0.25) is 0 Å². The largest absolute Gasteiger partial charge is 0.497 e. The van der Waals surface area contributed by atoms with Gasteiger partial charge < -0.3 is 34.6 Å². The van der Waals surface area contributed by atoms with Gasteiger partial charge in [-0.05, 0) is 58.7 Å². The number of nitrogens with zero attached hydrogens (tertiary/aromatic N) is 1. The molecule has 0 fully saturated rings. The lowest BCUT2D eigenvalue weighted by atomic mass is 9.98. The summed E-state index contributed by atoms with van der Waals surface area (Å²) < 4.78 is 23.8. The molecule has 11 heteroatoms. The van der Waals surface area contributed by atoms with Crippen molar-refractivity contribution in [3.05, 3.63) is 114 Å². The lowest BCUT2D eigenvalue weighted by Gasteiger charge is -2.39. The quantitative estimate of drug-likeness (QED) is 0.139. The van der Waals surface area contributed by atoms with Crippen LogP contribution < -0.4 is 19.7 Å². The second-order valence-corrected chi connectivity index (χ2v) is 11.7. The van der Waals surface area contributed by atoms with Gasteiger partial charge in [0.05, 0.1) is 20.6 Å². The summed E-state index contributed by atoms with van der Waals surface area (Å²) in [5, 5.41) is 11.8. The van der Waals surface area contributed by atoms with Crippen molar-refractivity contribution in [2.75, 3.05) is 25.7 Å². The molecule has 4 aromatic rings. The van der Waals surface area contributed by atoms with E-state index in [-0.39, 0.29) is 24.9 Å². The zero-order valence-corrected chi connectivity index (χ0v) is 25.3. The fraction of sp³-hybridized carbons (Fsp3) is 0.212. The highest BCUT2D eigenvalue weighted by Crippen LogP contribution is 2.56. The molecular formula is C33H35N2O8P. The molecule has 0 aliphatic heterocycles. The maximum atomic E-state index is 13.9. The number of carboxylic acid groups (broad SMARTS) is 1. The fourth-order valence-electron chi connectivity index (χ4n) is 4.95. The third kappa shape index (κ3) is 8.26. The first-order valence-corrected chi connectivity index (χ1v) is 15.5. The Morgan fingerprint density at radius 2 is 1.34 bits per heavy atom. The lowest BCUT2D eigenvalue weighted by Crippen LogP contribution is -2.50. The first-order chi connectivity index (χ1) is 21.1. The summed E-state index contributed by atoms with van der Waals surface area (Å²) in [7, 11) is -1.98. The van der Waals surface area contributed by atoms with Gasteiger partial charge in [0.25, 0.3) is 0 Å². The van der Waals surface area contributed by atoms with Crippen molar-refractivity contribution in [1.29, 1.82) is 0 Å². The number of amides is 1. The molecule has 0 saturated heterocycles. The number of ether oxygens (including phenoxy) is 2. The summed E-state index contributed by atoms with van der Waals surface area (Å²) >= 11 is 0. The Bertz CT molecular complexity index is 1570. The number of rotatable bonds is 14. The van der Waals surface area contributed by atoms with E-state index in [0.29, 0.717) is 17.2 Å². The molecule has 10 nitrogen and oxygen atoms in total. The molecule has 0 aliphatic rings. The van der Waals surface area contributed by atoms with Crippen molar-refractivity contribution >= 4 is 25.2 Å². The Hall–Kier alpha value is -4.63. The Labute approximate surface area is 256 Å². The van der Waals surface area contributed by atoms with E-state index >= 15 is 0 Å². The van der Waals surface area contributed by atoms with E-state index in [0.717, 1.165) is 16.7 Å². The van der Waals surface area contributed by atoms with Gasteiger partial charge in [0, 0.05) is 18.7 Å². The normalized spacial score (nSPS) is 12.5. The van der Waals surface area contributed by atoms with Crippen molar-refractivity contribution in [2.45, 2.75) is 24.7 Å². The van der Waals surface area contributed by atoms with Crippen molar-refractivity contribution in [3.8, 4) is 22.6 Å². The van der Waals surface area contributed by atoms with Crippen LogP contribution in [0, 0.1) is 0 Å². The molecule has 0 radical (unpaired) electrons. The molecule has 4 N–H and O–H groups in total. The van der Waals surface area contributed by atoms with Gasteiger partial charge in [-0.25, -0.2) is 0 Å². The van der Waals surface area contributed by atoms with Crippen LogP contribution in [-0.4, -0.2) is 53.6 Å². The number of benzene rings is 4. The number of methoxy groups -OCH3 is 2. The average molecular weight is 619 g/mol. The standard InChI is InChI=1S/C33H35N2O8P/c1-42-28-16-12-26(13-17-28)33(44(39,40)41)35(27-14-18-29(43-2)19-15-27)30(32(38)34-21-20-31(36)37)22-23-8-10-25(11-9-23)24-6-4-3-5-7-24/h3-19,30,33H,20-22H2,1-2H3,(H,34,38)(H,36,37)(H2,39,40,41). The predicted molar refractivity (Wildman–Crippen MR) is 168 cm³/mol. The van der Waals surface area contributed by atoms with E-state index in [1.165, 1.54) is 19.1 Å². The summed E-state index contributed by atoms with van der Waals surface area (Å²) in [6, 6.07) is 29.0. The fourth-order valence-corrected chi connectivity index (χ4v) is 6.13. The molecule has 2 atom stereocenters. The van der Waals surface area contributed by atoms with E-state index in [1.807, 2.05) is 54.6 Å². The molecule has 0 aromatic heterocycles. The SMILES string of the molecule is COc1ccc(C(N(c2ccc(OC)cc2)C(Cc2ccc(-c3ccccc3)cc2)C(=O)NCCC(=O)O)P(=O)(O)O)cc1. The molecule has 230 valence electrons. The van der Waals surface area contributed by atoms with E-state index in [1.54, 1.807) is 48.5 Å². The zero-order valence-electron chi connectivity index (χ0n) is 24.4. The van der Waals surface area contributed by atoms with Crippen LogP contribution in [-0.2, 0) is 20.6 Å². The predicted octanol–water partition coefficient (Wildman–Crippen LogP) is 5.26. The molecule has 2 unspecified atom stereocenters. The molecule has 44 heavy (non-hydrogen) atoms. The van der Waals surface area contributed by atoms with Crippen molar-refractivity contribution < 1.29 is 38.5 Å². The Morgan fingerprint density at radius 1 is 0.795 bits per heavy atom. The summed E-state index contributed by atoms with van der Waals surface area (Å²) in [5.74, 6) is -2.22. The minimum absolute atomic E-state index is 0.0622. The molecule has 0 aliphatic carbocycles. The highest BCUT2D eigenvalue weighted by atomic mass is 31.2. The topological polar surface area (TPSA) is 146 Å². The minimum Gasteiger partial charge on any atom is -0.497 e. The Kier molecular flexibility index (Phi) is 10.8. The van der Waals surface area contributed by atoms with Crippen molar-refractivity contribution in [3.63, 3.8) is 0 Å². The van der Waals surface area contributed by atoms with E-state index in [2.05, 4.69) is 5.32 Å². The van der Waals surface area contributed by atoms with Gasteiger partial charge in [-0.3, -0.25) is 14.2 Å². The van der Waals surface area contributed by atoms with Crippen molar-refractivity contribution in [2.24, 2.45) is 0 Å². The summed E-state index contributed by atoms with van der Waals surface area (Å²) in [6.07, 6.45) is -0.250. The molecule has 4 rings (SSSR count). The average Bonchev–Trinajstić information content (AvgIpc) is 3.03. The number of hydrogen-bond donors (Lipinski definition) is 4. The molecule has 1 amide bonds. The maximum Gasteiger partial charge on any atom is 0.352 e. The van der Waals surface area contributed by atoms with Crippen LogP contribution in [0.4, 0.5) is 5.69 Å². The Balaban J connectivity index is 1.83. The number of carbonyl (C=O) groups excluding carboxylic acids is 1. The molecule has 0 spiro atoms. The number of carbonyl (C=O) groups is 2. The molecule has 4 aromatic carbocycles. The number of aliphatic carboxylic acids is 1. The second-order valence-electron chi connectivity index (χ2n) is 10.1. The molecule has 0 heterocycles. The van der Waals surface area contributed by atoms with Gasteiger partial charge >= 0.3 is 13.6 Å². The first kappa shape index (κ1) is 32.3. The number of nitrogens with one attached hydrogen (secondary N) is 1. The van der Waals surface area contributed by atoms with Crippen molar-refractivity contribution in [1.82, 2.24) is 5.32 Å². The van der Waals surface area contributed by atoms with Crippen LogP contribution in [0.15, 0.2) is 103 Å². The smallest absolute Gasteiger partial charge is 0.352 e. The number of carboxylic acids is 1. The van der Waals surface area contributed by atoms with Gasteiger partial charge in [0.15, 0.2) is 5.78 Å². The van der Waals surface area contributed by atoms with Crippen LogP contribution >= 0.6 is 7.60 Å². The van der Waals surface area contributed by atoms with Crippen LogP contribution in [0.1, 0.15) is 23.3 Å². The minimum atomic E-state index is -4.97. The van der Waals surface area contributed by atoms with Crippen LogP contribution in [0.5, 0.6) is 11.5 Å². The molecule has 0 bridgehead atoms. The second kappa shape index (κ2) is 14.7. The molecular weight excluding hydrogens is 583 g/mol. The lowest BCUT2D eigenvalue weighted by molar-refractivity contribution is -0.136. The van der Waals surface area contributed by atoms with Crippen LogP contribution in [0.3, 0.4) is 0 Å². The monoisotopic (exact) mass is 618 g/mol.